The molecule has 0 aliphatic carbocycles. The van der Waals surface area contributed by atoms with Crippen LogP contribution in [0.4, 0.5) is 0 Å². The molecule has 1 aliphatic heterocycles. The van der Waals surface area contributed by atoms with E-state index in [0.29, 0.717) is 12.8 Å². The first-order valence-electron chi connectivity index (χ1n) is 5.20. The fourth-order valence-corrected chi connectivity index (χ4v) is 2.71. The van der Waals surface area contributed by atoms with Gasteiger partial charge in [-0.1, -0.05) is 22.9 Å². The largest absolute Gasteiger partial charge is 0.390 e. The number of aliphatic hydroxyl groups is 2. The molecule has 1 aliphatic rings. The molecule has 3 nitrogen and oxygen atoms in total. The molecule has 2 N–H and O–H groups in total. The Hall–Kier alpha value is 0.360. The number of aliphatic hydroxyl groups excluding tert-OH is 2. The van der Waals surface area contributed by atoms with Gasteiger partial charge in [-0.2, -0.15) is 0 Å². The molecule has 0 aromatic carbocycles. The van der Waals surface area contributed by atoms with Crippen molar-refractivity contribution in [2.45, 2.75) is 62.4 Å². The summed E-state index contributed by atoms with van der Waals surface area (Å²) in [5.74, 6) is 0. The number of rotatable bonds is 1. The number of halogens is 1. The van der Waals surface area contributed by atoms with Crippen LogP contribution < -0.4 is 0 Å². The van der Waals surface area contributed by atoms with Gasteiger partial charge in [0.2, 0.25) is 0 Å². The van der Waals surface area contributed by atoms with Crippen molar-refractivity contribution in [1.29, 1.82) is 0 Å². The standard InChI is InChI=1S/C10H19BrO3/c1-3-10-7(11)5-9(13)8(12)4-6(2)14-10/h6-10,12-13H,3-5H2,1-2H3/t6-,7-,8-,9+,10+/m0/s1. The van der Waals surface area contributed by atoms with E-state index in [-0.39, 0.29) is 17.0 Å². The Morgan fingerprint density at radius 3 is 2.43 bits per heavy atom. The Balaban J connectivity index is 2.62. The molecule has 0 spiro atoms. The van der Waals surface area contributed by atoms with Gasteiger partial charge in [0.15, 0.2) is 0 Å². The molecule has 4 heteroatoms. The van der Waals surface area contributed by atoms with Crippen LogP contribution in [0.3, 0.4) is 0 Å². The van der Waals surface area contributed by atoms with Crippen molar-refractivity contribution in [3.63, 3.8) is 0 Å². The molecule has 0 saturated carbocycles. The van der Waals surface area contributed by atoms with Gasteiger partial charge in [0, 0.05) is 11.2 Å². The van der Waals surface area contributed by atoms with Gasteiger partial charge in [0.05, 0.1) is 24.4 Å². The lowest BCUT2D eigenvalue weighted by Gasteiger charge is -2.33. The lowest BCUT2D eigenvalue weighted by Crippen LogP contribution is -2.40. The van der Waals surface area contributed by atoms with Crippen LogP contribution in [0.15, 0.2) is 0 Å². The summed E-state index contributed by atoms with van der Waals surface area (Å²) >= 11 is 3.50. The summed E-state index contributed by atoms with van der Waals surface area (Å²) in [6, 6.07) is 0. The minimum absolute atomic E-state index is 0.00458. The highest BCUT2D eigenvalue weighted by molar-refractivity contribution is 9.09. The maximum Gasteiger partial charge on any atom is 0.0824 e. The molecule has 0 bridgehead atoms. The molecule has 1 heterocycles. The van der Waals surface area contributed by atoms with Crippen LogP contribution >= 0.6 is 15.9 Å². The van der Waals surface area contributed by atoms with Crippen molar-refractivity contribution in [2.24, 2.45) is 0 Å². The van der Waals surface area contributed by atoms with E-state index >= 15 is 0 Å². The highest BCUT2D eigenvalue weighted by atomic mass is 79.9. The zero-order valence-corrected chi connectivity index (χ0v) is 10.3. The van der Waals surface area contributed by atoms with E-state index in [0.717, 1.165) is 6.42 Å². The van der Waals surface area contributed by atoms with Crippen molar-refractivity contribution in [3.05, 3.63) is 0 Å². The smallest absolute Gasteiger partial charge is 0.0824 e. The minimum atomic E-state index is -0.664. The molecule has 5 atom stereocenters. The molecule has 0 amide bonds. The van der Waals surface area contributed by atoms with Crippen molar-refractivity contribution >= 4 is 15.9 Å². The summed E-state index contributed by atoms with van der Waals surface area (Å²) in [5, 5.41) is 19.2. The maximum absolute atomic E-state index is 9.65. The van der Waals surface area contributed by atoms with E-state index in [2.05, 4.69) is 22.9 Å². The number of alkyl halides is 1. The maximum atomic E-state index is 9.65. The van der Waals surface area contributed by atoms with Crippen LogP contribution in [0.5, 0.6) is 0 Å². The molecular formula is C10H19BrO3. The molecule has 0 unspecified atom stereocenters. The monoisotopic (exact) mass is 266 g/mol. The highest BCUT2D eigenvalue weighted by Crippen LogP contribution is 2.25. The van der Waals surface area contributed by atoms with Crippen LogP contribution in [-0.2, 0) is 4.74 Å². The third kappa shape index (κ3) is 3.19. The first kappa shape index (κ1) is 12.4. The van der Waals surface area contributed by atoms with Gasteiger partial charge in [-0.3, -0.25) is 0 Å². The zero-order valence-electron chi connectivity index (χ0n) is 8.69. The van der Waals surface area contributed by atoms with E-state index in [9.17, 15) is 10.2 Å². The van der Waals surface area contributed by atoms with Gasteiger partial charge in [-0.25, -0.2) is 0 Å². The summed E-state index contributed by atoms with van der Waals surface area (Å²) in [7, 11) is 0. The molecule has 14 heavy (non-hydrogen) atoms. The van der Waals surface area contributed by atoms with Crippen molar-refractivity contribution < 1.29 is 14.9 Å². The Morgan fingerprint density at radius 2 is 1.86 bits per heavy atom. The minimum Gasteiger partial charge on any atom is -0.390 e. The third-order valence-electron chi connectivity index (χ3n) is 2.70. The van der Waals surface area contributed by atoms with Crippen molar-refractivity contribution in [3.8, 4) is 0 Å². The van der Waals surface area contributed by atoms with E-state index < -0.39 is 12.2 Å². The Kier molecular flexibility index (Phi) is 4.83. The van der Waals surface area contributed by atoms with Gasteiger partial charge < -0.3 is 14.9 Å². The summed E-state index contributed by atoms with van der Waals surface area (Å²) < 4.78 is 5.75. The summed E-state index contributed by atoms with van der Waals surface area (Å²) in [5.41, 5.74) is 0. The molecule has 1 saturated heterocycles. The van der Waals surface area contributed by atoms with Gasteiger partial charge in [0.1, 0.15) is 0 Å². The summed E-state index contributed by atoms with van der Waals surface area (Å²) in [6.07, 6.45) is 0.812. The summed E-state index contributed by atoms with van der Waals surface area (Å²) in [4.78, 5) is 0.125. The van der Waals surface area contributed by atoms with E-state index in [1.54, 1.807) is 0 Å². The van der Waals surface area contributed by atoms with Crippen molar-refractivity contribution in [2.75, 3.05) is 0 Å². The second kappa shape index (κ2) is 5.45. The first-order chi connectivity index (χ1) is 6.54. The fourth-order valence-electron chi connectivity index (χ4n) is 1.83. The normalized spacial score (nSPS) is 45.6. The topological polar surface area (TPSA) is 49.7 Å². The fraction of sp³-hybridized carbons (Fsp3) is 1.00. The highest BCUT2D eigenvalue weighted by Gasteiger charge is 2.30. The van der Waals surface area contributed by atoms with Gasteiger partial charge >= 0.3 is 0 Å². The number of hydrogen-bond donors (Lipinski definition) is 2. The van der Waals surface area contributed by atoms with E-state index in [1.165, 1.54) is 0 Å². The van der Waals surface area contributed by atoms with Crippen LogP contribution in [-0.4, -0.2) is 39.5 Å². The van der Waals surface area contributed by atoms with E-state index in [4.69, 9.17) is 4.74 Å². The second-order valence-corrected chi connectivity index (χ2v) is 5.19. The van der Waals surface area contributed by atoms with Gasteiger partial charge in [0.25, 0.3) is 0 Å². The van der Waals surface area contributed by atoms with Crippen LogP contribution in [0.25, 0.3) is 0 Å². The second-order valence-electron chi connectivity index (χ2n) is 4.02. The molecule has 84 valence electrons. The average Bonchev–Trinajstić information content (AvgIpc) is 2.12. The first-order valence-corrected chi connectivity index (χ1v) is 6.11. The van der Waals surface area contributed by atoms with Crippen LogP contribution in [0, 0.1) is 0 Å². The lowest BCUT2D eigenvalue weighted by atomic mass is 9.98. The lowest BCUT2D eigenvalue weighted by molar-refractivity contribution is -0.0810. The van der Waals surface area contributed by atoms with Gasteiger partial charge in [-0.15, -0.1) is 0 Å². The molecule has 1 rings (SSSR count). The van der Waals surface area contributed by atoms with Crippen molar-refractivity contribution in [1.82, 2.24) is 0 Å². The van der Waals surface area contributed by atoms with Crippen LogP contribution in [0.1, 0.15) is 33.1 Å². The SMILES string of the molecule is CC[C@H]1O[C@@H](C)C[C@H](O)[C@H](O)C[C@@H]1Br. The van der Waals surface area contributed by atoms with Gasteiger partial charge in [-0.05, 0) is 19.8 Å². The number of ether oxygens (including phenoxy) is 1. The molecule has 0 aromatic rings. The molecular weight excluding hydrogens is 248 g/mol. The quantitative estimate of drug-likeness (QED) is 0.707. The average molecular weight is 267 g/mol. The number of hydrogen-bond acceptors (Lipinski definition) is 3. The Labute approximate surface area is 93.6 Å². The predicted molar refractivity (Wildman–Crippen MR) is 58.6 cm³/mol. The molecule has 0 radical (unpaired) electrons. The Bertz CT molecular complexity index is 177. The summed E-state index contributed by atoms with van der Waals surface area (Å²) in [6.45, 7) is 4.00. The zero-order chi connectivity index (χ0) is 10.7. The van der Waals surface area contributed by atoms with E-state index in [1.807, 2.05) is 6.92 Å². The predicted octanol–water partition coefficient (Wildman–Crippen LogP) is 1.45. The van der Waals surface area contributed by atoms with Crippen LogP contribution in [0.2, 0.25) is 0 Å². The third-order valence-corrected chi connectivity index (χ3v) is 3.66. The molecule has 0 aromatic heterocycles. The Morgan fingerprint density at radius 1 is 1.29 bits per heavy atom. The molecule has 1 fully saturated rings.